The van der Waals surface area contributed by atoms with Crippen LogP contribution in [-0.4, -0.2) is 25.5 Å². The second kappa shape index (κ2) is 11.2. The third-order valence-corrected chi connectivity index (χ3v) is 6.57. The number of thiocarbonyl (C=S) groups is 1. The second-order valence-corrected chi connectivity index (χ2v) is 9.79. The van der Waals surface area contributed by atoms with Gasteiger partial charge in [-0.1, -0.05) is 64.5 Å². The molecule has 166 valence electrons. The first kappa shape index (κ1) is 23.9. The zero-order valence-electron chi connectivity index (χ0n) is 16.8. The molecule has 0 bridgehead atoms. The third kappa shape index (κ3) is 7.13. The number of rotatable bonds is 7. The van der Waals surface area contributed by atoms with E-state index in [1.807, 2.05) is 54.6 Å². The van der Waals surface area contributed by atoms with Crippen LogP contribution in [0.4, 0.5) is 5.69 Å². The van der Waals surface area contributed by atoms with Gasteiger partial charge in [-0.3, -0.25) is 15.6 Å². The summed E-state index contributed by atoms with van der Waals surface area (Å²) in [6.07, 6.45) is 0.160. The molecule has 0 aromatic heterocycles. The number of carbonyl (C=O) groups excluding carboxylic acids is 1. The van der Waals surface area contributed by atoms with Gasteiger partial charge in [-0.2, -0.15) is 4.72 Å². The molecule has 0 radical (unpaired) electrons. The van der Waals surface area contributed by atoms with Crippen molar-refractivity contribution in [2.24, 2.45) is 0 Å². The molecule has 4 N–H and O–H groups in total. The minimum absolute atomic E-state index is 0.0752. The summed E-state index contributed by atoms with van der Waals surface area (Å²) in [6.45, 7) is 0. The van der Waals surface area contributed by atoms with Crippen LogP contribution in [0.5, 0.6) is 0 Å². The van der Waals surface area contributed by atoms with Crippen LogP contribution in [0.25, 0.3) is 0 Å². The largest absolute Gasteiger partial charge is 0.331 e. The van der Waals surface area contributed by atoms with Gasteiger partial charge in [-0.05, 0) is 60.6 Å². The average Bonchev–Trinajstić information content (AvgIpc) is 2.80. The smallest absolute Gasteiger partial charge is 0.256 e. The summed E-state index contributed by atoms with van der Waals surface area (Å²) >= 11 is 8.56. The molecular weight excluding hydrogens is 512 g/mol. The van der Waals surface area contributed by atoms with Crippen molar-refractivity contribution in [3.05, 3.63) is 95.0 Å². The molecule has 3 aromatic rings. The van der Waals surface area contributed by atoms with Crippen LogP contribution in [0.2, 0.25) is 0 Å². The Hall–Kier alpha value is -2.79. The SMILES string of the molecule is O=C(NNC(=S)Nc1ccc(Br)cc1)[C@@H](Cc1ccccc1)NS(=O)(=O)c1ccccc1. The normalized spacial score (nSPS) is 11.9. The molecule has 32 heavy (non-hydrogen) atoms. The maximum Gasteiger partial charge on any atom is 0.256 e. The molecule has 7 nitrogen and oxygen atoms in total. The van der Waals surface area contributed by atoms with E-state index in [4.69, 9.17) is 12.2 Å². The maximum atomic E-state index is 12.9. The lowest BCUT2D eigenvalue weighted by Gasteiger charge is -2.20. The van der Waals surface area contributed by atoms with Gasteiger partial charge in [0.2, 0.25) is 10.0 Å². The topological polar surface area (TPSA) is 99.3 Å². The monoisotopic (exact) mass is 532 g/mol. The van der Waals surface area contributed by atoms with Crippen molar-refractivity contribution in [1.29, 1.82) is 0 Å². The minimum atomic E-state index is -3.91. The Balaban J connectivity index is 1.68. The van der Waals surface area contributed by atoms with E-state index in [-0.39, 0.29) is 16.4 Å². The third-order valence-electron chi connectivity index (χ3n) is 4.35. The number of hydrazine groups is 1. The van der Waals surface area contributed by atoms with Crippen molar-refractivity contribution in [2.75, 3.05) is 5.32 Å². The Morgan fingerprint density at radius 3 is 2.09 bits per heavy atom. The molecule has 0 saturated heterocycles. The summed E-state index contributed by atoms with van der Waals surface area (Å²) < 4.78 is 29.0. The van der Waals surface area contributed by atoms with Crippen molar-refractivity contribution in [3.63, 3.8) is 0 Å². The van der Waals surface area contributed by atoms with Gasteiger partial charge in [-0.15, -0.1) is 0 Å². The molecule has 0 aliphatic carbocycles. The van der Waals surface area contributed by atoms with Crippen LogP contribution in [-0.2, 0) is 21.2 Å². The van der Waals surface area contributed by atoms with Crippen LogP contribution in [0.1, 0.15) is 5.56 Å². The highest BCUT2D eigenvalue weighted by molar-refractivity contribution is 9.10. The highest BCUT2D eigenvalue weighted by atomic mass is 79.9. The zero-order chi connectivity index (χ0) is 23.0. The van der Waals surface area contributed by atoms with Crippen LogP contribution in [0.3, 0.4) is 0 Å². The van der Waals surface area contributed by atoms with E-state index >= 15 is 0 Å². The number of nitrogens with one attached hydrogen (secondary N) is 4. The van der Waals surface area contributed by atoms with Gasteiger partial charge in [-0.25, -0.2) is 8.42 Å². The first-order chi connectivity index (χ1) is 15.3. The lowest BCUT2D eigenvalue weighted by Crippen LogP contribution is -2.53. The molecule has 0 saturated carbocycles. The molecule has 10 heteroatoms. The van der Waals surface area contributed by atoms with Gasteiger partial charge < -0.3 is 5.32 Å². The minimum Gasteiger partial charge on any atom is -0.331 e. The quantitative estimate of drug-likeness (QED) is 0.275. The van der Waals surface area contributed by atoms with E-state index < -0.39 is 22.0 Å². The highest BCUT2D eigenvalue weighted by Crippen LogP contribution is 2.14. The van der Waals surface area contributed by atoms with Crippen LogP contribution in [0.15, 0.2) is 94.3 Å². The molecule has 1 amide bonds. The van der Waals surface area contributed by atoms with Crippen molar-refractivity contribution < 1.29 is 13.2 Å². The number of anilines is 1. The Morgan fingerprint density at radius 1 is 0.875 bits per heavy atom. The molecule has 0 heterocycles. The second-order valence-electron chi connectivity index (χ2n) is 6.75. The standard InChI is InChI=1S/C22H21BrN4O3S2/c23-17-11-13-18(14-12-17)24-22(31)26-25-21(28)20(15-16-7-3-1-4-8-16)27-32(29,30)19-9-5-2-6-10-19/h1-14,20,27H,15H2,(H,25,28)(H2,24,26,31)/t20-/m1/s1. The van der Waals surface area contributed by atoms with Crippen molar-refractivity contribution in [1.82, 2.24) is 15.6 Å². The molecule has 0 spiro atoms. The number of amides is 1. The Morgan fingerprint density at radius 2 is 1.47 bits per heavy atom. The predicted molar refractivity (Wildman–Crippen MR) is 132 cm³/mol. The lowest BCUT2D eigenvalue weighted by molar-refractivity contribution is -0.123. The fraction of sp³-hybridized carbons (Fsp3) is 0.0909. The Labute approximate surface area is 200 Å². The van der Waals surface area contributed by atoms with E-state index in [1.165, 1.54) is 12.1 Å². The first-order valence-corrected chi connectivity index (χ1v) is 12.3. The van der Waals surface area contributed by atoms with Gasteiger partial charge in [0, 0.05) is 10.2 Å². The van der Waals surface area contributed by atoms with E-state index in [2.05, 4.69) is 36.8 Å². The van der Waals surface area contributed by atoms with E-state index in [9.17, 15) is 13.2 Å². The van der Waals surface area contributed by atoms with Gasteiger partial charge in [0.25, 0.3) is 5.91 Å². The van der Waals surface area contributed by atoms with E-state index in [0.717, 1.165) is 15.7 Å². The average molecular weight is 533 g/mol. The maximum absolute atomic E-state index is 12.9. The van der Waals surface area contributed by atoms with E-state index in [1.54, 1.807) is 18.2 Å². The Bertz CT molecular complexity index is 1160. The molecule has 3 aromatic carbocycles. The molecule has 0 aliphatic heterocycles. The number of benzene rings is 3. The van der Waals surface area contributed by atoms with Crippen LogP contribution >= 0.6 is 28.1 Å². The zero-order valence-corrected chi connectivity index (χ0v) is 20.0. The molecule has 0 unspecified atom stereocenters. The van der Waals surface area contributed by atoms with Gasteiger partial charge in [0.1, 0.15) is 6.04 Å². The van der Waals surface area contributed by atoms with Crippen LogP contribution < -0.4 is 20.9 Å². The number of hydrogen-bond acceptors (Lipinski definition) is 4. The summed E-state index contributed by atoms with van der Waals surface area (Å²) in [5.41, 5.74) is 6.62. The summed E-state index contributed by atoms with van der Waals surface area (Å²) in [6, 6.07) is 23.3. The Kier molecular flexibility index (Phi) is 8.34. The fourth-order valence-corrected chi connectivity index (χ4v) is 4.44. The summed E-state index contributed by atoms with van der Waals surface area (Å²) in [7, 11) is -3.91. The van der Waals surface area contributed by atoms with Crippen molar-refractivity contribution in [3.8, 4) is 0 Å². The van der Waals surface area contributed by atoms with Gasteiger partial charge in [0.15, 0.2) is 5.11 Å². The number of halogens is 1. The number of hydrogen-bond donors (Lipinski definition) is 4. The van der Waals surface area contributed by atoms with E-state index in [0.29, 0.717) is 0 Å². The lowest BCUT2D eigenvalue weighted by atomic mass is 10.1. The summed E-state index contributed by atoms with van der Waals surface area (Å²) in [5, 5.41) is 3.09. The predicted octanol–water partition coefficient (Wildman–Crippen LogP) is 3.36. The molecule has 3 rings (SSSR count). The first-order valence-electron chi connectivity index (χ1n) is 9.57. The number of carbonyl (C=O) groups is 1. The van der Waals surface area contributed by atoms with Crippen molar-refractivity contribution in [2.45, 2.75) is 17.4 Å². The summed E-state index contributed by atoms with van der Waals surface area (Å²) in [4.78, 5) is 12.9. The molecule has 0 fully saturated rings. The fourth-order valence-electron chi connectivity index (χ4n) is 2.79. The molecule has 0 aliphatic rings. The highest BCUT2D eigenvalue weighted by Gasteiger charge is 2.26. The van der Waals surface area contributed by atoms with Crippen molar-refractivity contribution >= 4 is 54.9 Å². The van der Waals surface area contributed by atoms with Gasteiger partial charge in [0.05, 0.1) is 4.90 Å². The summed E-state index contributed by atoms with van der Waals surface area (Å²) in [5.74, 6) is -0.576. The number of sulfonamides is 1. The van der Waals surface area contributed by atoms with Gasteiger partial charge >= 0.3 is 0 Å². The molecular formula is C22H21BrN4O3S2. The van der Waals surface area contributed by atoms with Crippen LogP contribution in [0, 0.1) is 0 Å². The molecule has 1 atom stereocenters.